The Kier molecular flexibility index (Phi) is 2.61. The van der Waals surface area contributed by atoms with Gasteiger partial charge in [-0.1, -0.05) is 0 Å². The second-order valence-electron chi connectivity index (χ2n) is 3.30. The first-order valence-corrected chi connectivity index (χ1v) is 4.68. The number of aromatic nitrogens is 2. The van der Waals surface area contributed by atoms with Crippen LogP contribution in [0.2, 0.25) is 0 Å². The lowest BCUT2D eigenvalue weighted by Crippen LogP contribution is -2.21. The molecule has 72 valence electrons. The van der Waals surface area contributed by atoms with Crippen molar-refractivity contribution in [1.82, 2.24) is 15.1 Å². The normalized spacial score (nSPS) is 24.2. The molecule has 1 N–H and O–H groups in total. The molecule has 1 aliphatic rings. The average Bonchev–Trinajstić information content (AvgIpc) is 2.43. The average molecular weight is 181 g/mol. The highest BCUT2D eigenvalue weighted by Crippen LogP contribution is 2.16. The van der Waals surface area contributed by atoms with E-state index in [9.17, 15) is 0 Å². The zero-order valence-electron chi connectivity index (χ0n) is 7.86. The van der Waals surface area contributed by atoms with E-state index < -0.39 is 0 Å². The largest absolute Gasteiger partial charge is 0.371 e. The molecule has 0 radical (unpaired) electrons. The Hall–Kier alpha value is -0.870. The number of hydrogen-bond acceptors (Lipinski definition) is 3. The van der Waals surface area contributed by atoms with E-state index in [-0.39, 0.29) is 6.10 Å². The van der Waals surface area contributed by atoms with Crippen LogP contribution in [0.3, 0.4) is 0 Å². The number of ether oxygens (including phenoxy) is 1. The summed E-state index contributed by atoms with van der Waals surface area (Å²) >= 11 is 0. The van der Waals surface area contributed by atoms with Gasteiger partial charge >= 0.3 is 0 Å². The Morgan fingerprint density at radius 1 is 1.69 bits per heavy atom. The molecule has 1 atom stereocenters. The molecule has 4 heteroatoms. The van der Waals surface area contributed by atoms with Crippen LogP contribution in [0.25, 0.3) is 0 Å². The van der Waals surface area contributed by atoms with Crippen molar-refractivity contribution in [2.45, 2.75) is 12.5 Å². The van der Waals surface area contributed by atoms with Crippen molar-refractivity contribution in [3.05, 3.63) is 18.0 Å². The summed E-state index contributed by atoms with van der Waals surface area (Å²) in [4.78, 5) is 0. The second-order valence-corrected chi connectivity index (χ2v) is 3.30. The van der Waals surface area contributed by atoms with E-state index in [0.29, 0.717) is 0 Å². The quantitative estimate of drug-likeness (QED) is 0.684. The zero-order chi connectivity index (χ0) is 9.10. The first-order valence-electron chi connectivity index (χ1n) is 4.68. The lowest BCUT2D eigenvalue weighted by Gasteiger charge is -2.14. The Morgan fingerprint density at radius 3 is 3.38 bits per heavy atom. The summed E-state index contributed by atoms with van der Waals surface area (Å²) in [7, 11) is 1.95. The van der Waals surface area contributed by atoms with Crippen LogP contribution in [0, 0.1) is 0 Å². The SMILES string of the molecule is Cn1nccc1[C@@H]1CNCCCO1. The second kappa shape index (κ2) is 3.89. The fourth-order valence-corrected chi connectivity index (χ4v) is 1.60. The Labute approximate surface area is 77.9 Å². The summed E-state index contributed by atoms with van der Waals surface area (Å²) in [6.45, 7) is 2.77. The third kappa shape index (κ3) is 1.89. The van der Waals surface area contributed by atoms with Crippen LogP contribution in [0.15, 0.2) is 12.3 Å². The van der Waals surface area contributed by atoms with Gasteiger partial charge in [-0.25, -0.2) is 0 Å². The molecule has 4 nitrogen and oxygen atoms in total. The summed E-state index contributed by atoms with van der Waals surface area (Å²) in [5, 5.41) is 7.48. The van der Waals surface area contributed by atoms with Crippen molar-refractivity contribution in [2.75, 3.05) is 19.7 Å². The molecule has 0 aromatic carbocycles. The Bertz CT molecular complexity index is 264. The van der Waals surface area contributed by atoms with Gasteiger partial charge in [0.2, 0.25) is 0 Å². The third-order valence-corrected chi connectivity index (χ3v) is 2.34. The highest BCUT2D eigenvalue weighted by molar-refractivity contribution is 5.05. The van der Waals surface area contributed by atoms with E-state index in [4.69, 9.17) is 4.74 Å². The van der Waals surface area contributed by atoms with Crippen molar-refractivity contribution in [1.29, 1.82) is 0 Å². The van der Waals surface area contributed by atoms with E-state index >= 15 is 0 Å². The molecule has 0 amide bonds. The molecule has 0 unspecified atom stereocenters. The maximum atomic E-state index is 5.70. The van der Waals surface area contributed by atoms with Crippen LogP contribution in [-0.4, -0.2) is 29.5 Å². The molecule has 2 heterocycles. The predicted molar refractivity (Wildman–Crippen MR) is 49.4 cm³/mol. The summed E-state index contributed by atoms with van der Waals surface area (Å²) in [6, 6.07) is 2.01. The van der Waals surface area contributed by atoms with Crippen LogP contribution in [0.5, 0.6) is 0 Å². The van der Waals surface area contributed by atoms with E-state index in [1.54, 1.807) is 0 Å². The van der Waals surface area contributed by atoms with Gasteiger partial charge in [0.1, 0.15) is 6.10 Å². The summed E-state index contributed by atoms with van der Waals surface area (Å²) in [5.41, 5.74) is 1.15. The van der Waals surface area contributed by atoms with Crippen molar-refractivity contribution in [2.24, 2.45) is 7.05 Å². The van der Waals surface area contributed by atoms with Gasteiger partial charge in [0, 0.05) is 26.4 Å². The van der Waals surface area contributed by atoms with Crippen molar-refractivity contribution >= 4 is 0 Å². The molecule has 1 aromatic heterocycles. The molecular formula is C9H15N3O. The van der Waals surface area contributed by atoms with Gasteiger partial charge < -0.3 is 10.1 Å². The number of nitrogens with one attached hydrogen (secondary N) is 1. The molecule has 1 saturated heterocycles. The van der Waals surface area contributed by atoms with Crippen LogP contribution >= 0.6 is 0 Å². The molecule has 0 aliphatic carbocycles. The summed E-state index contributed by atoms with van der Waals surface area (Å²) in [5.74, 6) is 0. The fraction of sp³-hybridized carbons (Fsp3) is 0.667. The molecule has 0 bridgehead atoms. The fourth-order valence-electron chi connectivity index (χ4n) is 1.60. The van der Waals surface area contributed by atoms with Gasteiger partial charge in [-0.15, -0.1) is 0 Å². The van der Waals surface area contributed by atoms with Crippen LogP contribution in [-0.2, 0) is 11.8 Å². The maximum absolute atomic E-state index is 5.70. The topological polar surface area (TPSA) is 39.1 Å². The number of aryl methyl sites for hydroxylation is 1. The summed E-state index contributed by atoms with van der Waals surface area (Å²) < 4.78 is 7.58. The van der Waals surface area contributed by atoms with E-state index in [2.05, 4.69) is 10.4 Å². The summed E-state index contributed by atoms with van der Waals surface area (Å²) in [6.07, 6.45) is 3.06. The maximum Gasteiger partial charge on any atom is 0.111 e. The lowest BCUT2D eigenvalue weighted by molar-refractivity contribution is 0.0612. The highest BCUT2D eigenvalue weighted by atomic mass is 16.5. The molecule has 2 rings (SSSR count). The standard InChI is InChI=1S/C9H15N3O/c1-12-8(3-5-11-12)9-7-10-4-2-6-13-9/h3,5,9-10H,2,4,6-7H2,1H3/t9-/m0/s1. The minimum absolute atomic E-state index is 0.162. The molecule has 1 fully saturated rings. The van der Waals surface area contributed by atoms with Crippen molar-refractivity contribution in [3.8, 4) is 0 Å². The van der Waals surface area contributed by atoms with Crippen LogP contribution < -0.4 is 5.32 Å². The molecule has 1 aliphatic heterocycles. The van der Waals surface area contributed by atoms with Crippen LogP contribution in [0.4, 0.5) is 0 Å². The molecule has 13 heavy (non-hydrogen) atoms. The molecular weight excluding hydrogens is 166 g/mol. The van der Waals surface area contributed by atoms with Gasteiger partial charge in [0.25, 0.3) is 0 Å². The van der Waals surface area contributed by atoms with Gasteiger partial charge in [0.15, 0.2) is 0 Å². The van der Waals surface area contributed by atoms with Gasteiger partial charge in [-0.05, 0) is 19.0 Å². The van der Waals surface area contributed by atoms with Crippen molar-refractivity contribution in [3.63, 3.8) is 0 Å². The molecule has 0 saturated carbocycles. The van der Waals surface area contributed by atoms with Gasteiger partial charge in [-0.2, -0.15) is 5.10 Å². The lowest BCUT2D eigenvalue weighted by atomic mass is 10.2. The minimum atomic E-state index is 0.162. The van der Waals surface area contributed by atoms with Crippen LogP contribution in [0.1, 0.15) is 18.2 Å². The zero-order valence-corrected chi connectivity index (χ0v) is 7.86. The molecule has 1 aromatic rings. The number of nitrogens with zero attached hydrogens (tertiary/aromatic N) is 2. The number of rotatable bonds is 1. The Morgan fingerprint density at radius 2 is 2.62 bits per heavy atom. The van der Waals surface area contributed by atoms with Gasteiger partial charge in [-0.3, -0.25) is 4.68 Å². The molecule has 0 spiro atoms. The van der Waals surface area contributed by atoms with E-state index in [1.165, 1.54) is 0 Å². The first kappa shape index (κ1) is 8.72. The van der Waals surface area contributed by atoms with Gasteiger partial charge in [0.05, 0.1) is 5.69 Å². The monoisotopic (exact) mass is 181 g/mol. The van der Waals surface area contributed by atoms with E-state index in [0.717, 1.165) is 31.8 Å². The highest BCUT2D eigenvalue weighted by Gasteiger charge is 2.16. The number of hydrogen-bond donors (Lipinski definition) is 1. The smallest absolute Gasteiger partial charge is 0.111 e. The first-order chi connectivity index (χ1) is 6.38. The van der Waals surface area contributed by atoms with Crippen molar-refractivity contribution < 1.29 is 4.74 Å². The van der Waals surface area contributed by atoms with E-state index in [1.807, 2.05) is 24.0 Å². The minimum Gasteiger partial charge on any atom is -0.371 e. The Balaban J connectivity index is 2.10. The third-order valence-electron chi connectivity index (χ3n) is 2.34. The predicted octanol–water partition coefficient (Wildman–Crippen LogP) is 0.471.